The highest BCUT2D eigenvalue weighted by atomic mass is 16.7. The van der Waals surface area contributed by atoms with Crippen LogP contribution in [0.3, 0.4) is 0 Å². The van der Waals surface area contributed by atoms with Crippen molar-refractivity contribution in [2.24, 2.45) is 5.41 Å². The summed E-state index contributed by atoms with van der Waals surface area (Å²) in [5, 5.41) is 12.8. The zero-order valence-corrected chi connectivity index (χ0v) is 16.1. The Hall–Kier alpha value is -2.75. The predicted octanol–water partition coefficient (Wildman–Crippen LogP) is -0.233. The monoisotopic (exact) mass is 407 g/mol. The van der Waals surface area contributed by atoms with Crippen molar-refractivity contribution < 1.29 is 33.9 Å². The molecule has 2 fully saturated rings. The molecule has 10 heteroatoms. The molecule has 0 bridgehead atoms. The van der Waals surface area contributed by atoms with Gasteiger partial charge in [-0.15, -0.1) is 5.06 Å². The number of carbonyl (C=O) groups excluding carboxylic acids is 5. The Morgan fingerprint density at radius 3 is 2.38 bits per heavy atom. The summed E-state index contributed by atoms with van der Waals surface area (Å²) in [7, 11) is 0. The van der Waals surface area contributed by atoms with E-state index in [-0.39, 0.29) is 18.7 Å². The van der Waals surface area contributed by atoms with Crippen LogP contribution in [0.4, 0.5) is 0 Å². The second-order valence-electron chi connectivity index (χ2n) is 7.52. The first-order valence-corrected chi connectivity index (χ1v) is 9.88. The van der Waals surface area contributed by atoms with E-state index in [4.69, 9.17) is 4.84 Å². The second-order valence-corrected chi connectivity index (χ2v) is 7.52. The lowest BCUT2D eigenvalue weighted by Crippen LogP contribution is -2.53. The fourth-order valence-corrected chi connectivity index (χ4v) is 3.58. The Morgan fingerprint density at radius 1 is 1.14 bits per heavy atom. The van der Waals surface area contributed by atoms with Gasteiger partial charge in [-0.25, -0.2) is 4.79 Å². The molecular formula is C19H25N3O7. The number of hydrogen-bond acceptors (Lipinski definition) is 7. The van der Waals surface area contributed by atoms with Gasteiger partial charge >= 0.3 is 5.97 Å². The normalized spacial score (nSPS) is 22.8. The van der Waals surface area contributed by atoms with Crippen molar-refractivity contribution in [2.45, 2.75) is 57.6 Å². The van der Waals surface area contributed by atoms with Crippen LogP contribution >= 0.6 is 0 Å². The van der Waals surface area contributed by atoms with Crippen molar-refractivity contribution in [1.29, 1.82) is 0 Å². The Balaban J connectivity index is 1.39. The third kappa shape index (κ3) is 4.31. The predicted molar refractivity (Wildman–Crippen MR) is 97.2 cm³/mol. The van der Waals surface area contributed by atoms with Crippen molar-refractivity contribution in [3.05, 3.63) is 12.2 Å². The van der Waals surface area contributed by atoms with Crippen molar-refractivity contribution in [1.82, 2.24) is 15.3 Å². The average Bonchev–Trinajstić information content (AvgIpc) is 3.13. The van der Waals surface area contributed by atoms with Crippen LogP contribution in [0.2, 0.25) is 0 Å². The first-order valence-electron chi connectivity index (χ1n) is 9.88. The van der Waals surface area contributed by atoms with E-state index < -0.39 is 35.3 Å². The highest BCUT2D eigenvalue weighted by molar-refractivity contribution is 6.06. The molecule has 2 heterocycles. The van der Waals surface area contributed by atoms with Crippen molar-refractivity contribution in [2.75, 3.05) is 13.1 Å². The molecule has 1 saturated heterocycles. The molecule has 2 aliphatic heterocycles. The number of unbranched alkanes of at least 4 members (excludes halogenated alkanes) is 2. The van der Waals surface area contributed by atoms with Crippen LogP contribution in [0.15, 0.2) is 12.2 Å². The number of hydroxylamine groups is 2. The summed E-state index contributed by atoms with van der Waals surface area (Å²) < 4.78 is 0. The lowest BCUT2D eigenvalue weighted by Gasteiger charge is -2.37. The standard InChI is InChI=1S/C19H25N3O7/c23-13-5-6-14(24)21(13)12-3-1-2-11-20-17(27)19(9-4-10-19)18(28)29-22-15(25)7-8-16(22)26/h5-6,13,23H,1-4,7-12H2,(H,20,27). The molecule has 10 nitrogen and oxygen atoms in total. The number of aliphatic hydroxyl groups excluding tert-OH is 1. The van der Waals surface area contributed by atoms with Crippen LogP contribution in [0.5, 0.6) is 0 Å². The second kappa shape index (κ2) is 8.73. The lowest BCUT2D eigenvalue weighted by atomic mass is 9.68. The molecule has 0 spiro atoms. The van der Waals surface area contributed by atoms with Gasteiger partial charge < -0.3 is 20.2 Å². The molecule has 0 aromatic carbocycles. The Kier molecular flexibility index (Phi) is 6.31. The highest BCUT2D eigenvalue weighted by Crippen LogP contribution is 2.42. The van der Waals surface area contributed by atoms with E-state index in [1.165, 1.54) is 17.1 Å². The van der Waals surface area contributed by atoms with Crippen LogP contribution in [0.25, 0.3) is 0 Å². The lowest BCUT2D eigenvalue weighted by molar-refractivity contribution is -0.209. The summed E-state index contributed by atoms with van der Waals surface area (Å²) in [5.41, 5.74) is -1.35. The van der Waals surface area contributed by atoms with Crippen molar-refractivity contribution >= 4 is 29.6 Å². The van der Waals surface area contributed by atoms with Gasteiger partial charge in [0.25, 0.3) is 11.8 Å². The van der Waals surface area contributed by atoms with E-state index in [2.05, 4.69) is 5.32 Å². The molecule has 1 unspecified atom stereocenters. The molecule has 158 valence electrons. The number of nitrogens with zero attached hydrogens (tertiary/aromatic N) is 2. The minimum absolute atomic E-state index is 0.00141. The molecular weight excluding hydrogens is 382 g/mol. The molecule has 0 aromatic rings. The number of aliphatic hydroxyl groups is 1. The van der Waals surface area contributed by atoms with E-state index >= 15 is 0 Å². The maximum absolute atomic E-state index is 12.6. The van der Waals surface area contributed by atoms with Crippen LogP contribution < -0.4 is 5.32 Å². The Bertz CT molecular complexity index is 728. The fourth-order valence-electron chi connectivity index (χ4n) is 3.58. The summed E-state index contributed by atoms with van der Waals surface area (Å²) in [5.74, 6) is -2.68. The van der Waals surface area contributed by atoms with Crippen LogP contribution in [0, 0.1) is 5.41 Å². The zero-order chi connectivity index (χ0) is 21.0. The zero-order valence-electron chi connectivity index (χ0n) is 16.1. The first-order chi connectivity index (χ1) is 13.8. The topological polar surface area (TPSA) is 133 Å². The van der Waals surface area contributed by atoms with Crippen molar-refractivity contribution in [3.63, 3.8) is 0 Å². The number of rotatable bonds is 9. The Morgan fingerprint density at radius 2 is 1.83 bits per heavy atom. The fraction of sp³-hybridized carbons (Fsp3) is 0.632. The number of amides is 4. The van der Waals surface area contributed by atoms with Gasteiger partial charge in [-0.3, -0.25) is 19.2 Å². The van der Waals surface area contributed by atoms with E-state index in [1.807, 2.05) is 0 Å². The van der Waals surface area contributed by atoms with Gasteiger partial charge in [0, 0.05) is 32.0 Å². The number of nitrogens with one attached hydrogen (secondary N) is 1. The minimum Gasteiger partial charge on any atom is -0.370 e. The molecule has 0 aromatic heterocycles. The maximum atomic E-state index is 12.6. The van der Waals surface area contributed by atoms with Gasteiger partial charge in [-0.05, 0) is 38.2 Å². The molecule has 1 saturated carbocycles. The van der Waals surface area contributed by atoms with Gasteiger partial charge in [-0.2, -0.15) is 0 Å². The molecule has 4 amide bonds. The summed E-state index contributed by atoms with van der Waals surface area (Å²) in [4.78, 5) is 66.1. The number of imide groups is 1. The van der Waals surface area contributed by atoms with Crippen LogP contribution in [0.1, 0.15) is 51.4 Å². The summed E-state index contributed by atoms with van der Waals surface area (Å²) in [6.07, 6.45) is 5.26. The van der Waals surface area contributed by atoms with E-state index in [1.54, 1.807) is 0 Å². The minimum atomic E-state index is -1.35. The SMILES string of the molecule is O=C1CCC(=O)N1OC(=O)C1(C(=O)NCCCCCN2C(=O)C=CC2O)CCC1. The third-order valence-corrected chi connectivity index (χ3v) is 5.59. The first kappa shape index (κ1) is 21.0. The molecule has 3 aliphatic rings. The third-order valence-electron chi connectivity index (χ3n) is 5.59. The van der Waals surface area contributed by atoms with Gasteiger partial charge in [0.15, 0.2) is 0 Å². The van der Waals surface area contributed by atoms with E-state index in [0.717, 1.165) is 6.42 Å². The average molecular weight is 407 g/mol. The Labute approximate surface area is 167 Å². The molecule has 1 atom stereocenters. The largest absolute Gasteiger partial charge is 0.370 e. The van der Waals surface area contributed by atoms with Gasteiger partial charge in [0.05, 0.1) is 0 Å². The summed E-state index contributed by atoms with van der Waals surface area (Å²) in [6, 6.07) is 0. The van der Waals surface area contributed by atoms with Crippen LogP contribution in [-0.2, 0) is 28.8 Å². The maximum Gasteiger partial charge on any atom is 0.348 e. The quantitative estimate of drug-likeness (QED) is 0.306. The van der Waals surface area contributed by atoms with Crippen LogP contribution in [-0.4, -0.2) is 64.0 Å². The summed E-state index contributed by atoms with van der Waals surface area (Å²) in [6.45, 7) is 0.777. The molecule has 3 rings (SSSR count). The van der Waals surface area contributed by atoms with Gasteiger partial charge in [0.1, 0.15) is 11.6 Å². The highest BCUT2D eigenvalue weighted by Gasteiger charge is 2.54. The smallest absolute Gasteiger partial charge is 0.348 e. The number of carbonyl (C=O) groups is 5. The molecule has 1 aliphatic carbocycles. The molecule has 0 radical (unpaired) electrons. The summed E-state index contributed by atoms with van der Waals surface area (Å²) >= 11 is 0. The van der Waals surface area contributed by atoms with E-state index in [9.17, 15) is 29.1 Å². The van der Waals surface area contributed by atoms with Gasteiger partial charge in [0.2, 0.25) is 11.8 Å². The van der Waals surface area contributed by atoms with Crippen molar-refractivity contribution in [3.8, 4) is 0 Å². The van der Waals surface area contributed by atoms with E-state index in [0.29, 0.717) is 50.3 Å². The molecule has 29 heavy (non-hydrogen) atoms. The number of hydrogen-bond donors (Lipinski definition) is 2. The molecule has 2 N–H and O–H groups in total. The van der Waals surface area contributed by atoms with Gasteiger partial charge in [-0.1, -0.05) is 6.42 Å².